The summed E-state index contributed by atoms with van der Waals surface area (Å²) in [6, 6.07) is 3.80. The average molecular weight is 264 g/mol. The molecule has 2 rings (SSSR count). The van der Waals surface area contributed by atoms with Crippen LogP contribution >= 0.6 is 11.3 Å². The van der Waals surface area contributed by atoms with Gasteiger partial charge in [-0.05, 0) is 53.4 Å². The van der Waals surface area contributed by atoms with Crippen LogP contribution in [0.25, 0.3) is 0 Å². The van der Waals surface area contributed by atoms with Gasteiger partial charge in [-0.2, -0.15) is 11.3 Å². The molecule has 0 aliphatic heterocycles. The molecular formula is C14H17FN2S. The summed E-state index contributed by atoms with van der Waals surface area (Å²) in [6.45, 7) is 3.05. The van der Waals surface area contributed by atoms with E-state index in [1.54, 1.807) is 23.6 Å². The Morgan fingerprint density at radius 3 is 3.00 bits per heavy atom. The highest BCUT2D eigenvalue weighted by Crippen LogP contribution is 2.20. The van der Waals surface area contributed by atoms with Crippen LogP contribution in [0.4, 0.5) is 4.39 Å². The molecule has 96 valence electrons. The summed E-state index contributed by atoms with van der Waals surface area (Å²) in [5, 5.41) is 7.65. The first kappa shape index (κ1) is 13.2. The molecule has 2 nitrogen and oxygen atoms in total. The van der Waals surface area contributed by atoms with E-state index in [2.05, 4.69) is 34.1 Å². The van der Waals surface area contributed by atoms with Crippen LogP contribution in [0, 0.1) is 5.82 Å². The van der Waals surface area contributed by atoms with Crippen molar-refractivity contribution in [3.05, 3.63) is 52.2 Å². The Labute approximate surface area is 111 Å². The van der Waals surface area contributed by atoms with Crippen molar-refractivity contribution in [3.8, 4) is 0 Å². The maximum Gasteiger partial charge on any atom is 0.141 e. The second-order valence-electron chi connectivity index (χ2n) is 4.28. The van der Waals surface area contributed by atoms with Crippen molar-refractivity contribution in [3.63, 3.8) is 0 Å². The van der Waals surface area contributed by atoms with Gasteiger partial charge in [0.1, 0.15) is 5.82 Å². The van der Waals surface area contributed by atoms with E-state index in [9.17, 15) is 4.39 Å². The van der Waals surface area contributed by atoms with Crippen molar-refractivity contribution in [1.29, 1.82) is 0 Å². The molecule has 2 aromatic rings. The number of rotatable bonds is 6. The Hall–Kier alpha value is -1.26. The fourth-order valence-corrected chi connectivity index (χ4v) is 2.57. The van der Waals surface area contributed by atoms with Gasteiger partial charge in [-0.25, -0.2) is 4.39 Å². The lowest BCUT2D eigenvalue weighted by molar-refractivity contribution is 0.522. The third-order valence-electron chi connectivity index (χ3n) is 2.79. The smallest absolute Gasteiger partial charge is 0.141 e. The fourth-order valence-electron chi connectivity index (χ4n) is 1.89. The van der Waals surface area contributed by atoms with Gasteiger partial charge in [0.15, 0.2) is 0 Å². The van der Waals surface area contributed by atoms with Gasteiger partial charge in [-0.3, -0.25) is 4.98 Å². The standard InChI is InChI=1S/C14H17FN2S/c1-2-4-17-14(6-11-3-5-18-10-11)12-7-13(15)9-16-8-12/h3,5,7-10,14,17H,2,4,6H2,1H3. The second-order valence-corrected chi connectivity index (χ2v) is 5.06. The molecule has 0 aliphatic rings. The molecule has 1 N–H and O–H groups in total. The highest BCUT2D eigenvalue weighted by Gasteiger charge is 2.12. The van der Waals surface area contributed by atoms with Gasteiger partial charge in [0.25, 0.3) is 0 Å². The molecule has 0 fully saturated rings. The number of aromatic nitrogens is 1. The lowest BCUT2D eigenvalue weighted by Crippen LogP contribution is -2.24. The first-order chi connectivity index (χ1) is 8.79. The van der Waals surface area contributed by atoms with Gasteiger partial charge in [0.05, 0.1) is 6.20 Å². The number of nitrogens with zero attached hydrogens (tertiary/aromatic N) is 1. The predicted molar refractivity (Wildman–Crippen MR) is 73.3 cm³/mol. The number of thiophene rings is 1. The second kappa shape index (κ2) is 6.61. The van der Waals surface area contributed by atoms with Crippen LogP contribution < -0.4 is 5.32 Å². The lowest BCUT2D eigenvalue weighted by atomic mass is 10.0. The zero-order valence-corrected chi connectivity index (χ0v) is 11.2. The Morgan fingerprint density at radius 1 is 1.44 bits per heavy atom. The SMILES string of the molecule is CCCNC(Cc1ccsc1)c1cncc(F)c1. The van der Waals surface area contributed by atoms with E-state index >= 15 is 0 Å². The molecule has 1 unspecified atom stereocenters. The highest BCUT2D eigenvalue weighted by atomic mass is 32.1. The third-order valence-corrected chi connectivity index (χ3v) is 3.52. The van der Waals surface area contributed by atoms with Gasteiger partial charge in [-0.15, -0.1) is 0 Å². The van der Waals surface area contributed by atoms with Gasteiger partial charge >= 0.3 is 0 Å². The number of nitrogens with one attached hydrogen (secondary N) is 1. The maximum absolute atomic E-state index is 13.2. The van der Waals surface area contributed by atoms with Gasteiger partial charge < -0.3 is 5.32 Å². The summed E-state index contributed by atoms with van der Waals surface area (Å²) in [5.41, 5.74) is 2.19. The Kier molecular flexibility index (Phi) is 4.84. The van der Waals surface area contributed by atoms with Crippen LogP contribution in [0.3, 0.4) is 0 Å². The van der Waals surface area contributed by atoms with Crippen LogP contribution in [0.15, 0.2) is 35.3 Å². The fraction of sp³-hybridized carbons (Fsp3) is 0.357. The zero-order valence-electron chi connectivity index (χ0n) is 10.4. The topological polar surface area (TPSA) is 24.9 Å². The zero-order chi connectivity index (χ0) is 12.8. The Bertz CT molecular complexity index is 470. The largest absolute Gasteiger partial charge is 0.310 e. The quantitative estimate of drug-likeness (QED) is 0.863. The van der Waals surface area contributed by atoms with Gasteiger partial charge in [0, 0.05) is 12.2 Å². The Balaban J connectivity index is 2.13. The van der Waals surface area contributed by atoms with E-state index in [0.29, 0.717) is 0 Å². The number of halogens is 1. The van der Waals surface area contributed by atoms with Crippen LogP contribution in [0.2, 0.25) is 0 Å². The van der Waals surface area contributed by atoms with Crippen molar-refractivity contribution in [2.24, 2.45) is 0 Å². The monoisotopic (exact) mass is 264 g/mol. The normalized spacial score (nSPS) is 12.6. The minimum Gasteiger partial charge on any atom is -0.310 e. The van der Waals surface area contributed by atoms with E-state index in [4.69, 9.17) is 0 Å². The first-order valence-electron chi connectivity index (χ1n) is 6.14. The van der Waals surface area contributed by atoms with Crippen molar-refractivity contribution < 1.29 is 4.39 Å². The molecule has 0 aliphatic carbocycles. The molecule has 0 spiro atoms. The molecule has 4 heteroatoms. The summed E-state index contributed by atoms with van der Waals surface area (Å²) in [4.78, 5) is 3.93. The molecule has 0 amide bonds. The van der Waals surface area contributed by atoms with Crippen LogP contribution in [-0.2, 0) is 6.42 Å². The third kappa shape index (κ3) is 3.62. The van der Waals surface area contributed by atoms with E-state index in [-0.39, 0.29) is 11.9 Å². The molecule has 0 bridgehead atoms. The van der Waals surface area contributed by atoms with Crippen LogP contribution in [-0.4, -0.2) is 11.5 Å². The lowest BCUT2D eigenvalue weighted by Gasteiger charge is -2.18. The number of hydrogen-bond acceptors (Lipinski definition) is 3. The summed E-state index contributed by atoms with van der Waals surface area (Å²) < 4.78 is 13.2. The highest BCUT2D eigenvalue weighted by molar-refractivity contribution is 7.07. The maximum atomic E-state index is 13.2. The molecule has 0 saturated heterocycles. The predicted octanol–water partition coefficient (Wildman–Crippen LogP) is 3.57. The van der Waals surface area contributed by atoms with Crippen molar-refractivity contribution in [1.82, 2.24) is 10.3 Å². The minimum absolute atomic E-state index is 0.128. The summed E-state index contributed by atoms with van der Waals surface area (Å²) >= 11 is 1.69. The summed E-state index contributed by atoms with van der Waals surface area (Å²) in [7, 11) is 0. The average Bonchev–Trinajstić information content (AvgIpc) is 2.87. The molecule has 2 aromatic heterocycles. The molecule has 0 saturated carbocycles. The van der Waals surface area contributed by atoms with Crippen LogP contribution in [0.1, 0.15) is 30.5 Å². The van der Waals surface area contributed by atoms with Crippen molar-refractivity contribution in [2.75, 3.05) is 6.54 Å². The molecule has 0 aromatic carbocycles. The van der Waals surface area contributed by atoms with E-state index in [0.717, 1.165) is 24.9 Å². The number of hydrogen-bond donors (Lipinski definition) is 1. The van der Waals surface area contributed by atoms with E-state index < -0.39 is 0 Å². The molecule has 2 heterocycles. The Morgan fingerprint density at radius 2 is 2.33 bits per heavy atom. The summed E-state index contributed by atoms with van der Waals surface area (Å²) in [6.07, 6.45) is 4.91. The molecule has 1 atom stereocenters. The van der Waals surface area contributed by atoms with E-state index in [1.807, 2.05) is 0 Å². The minimum atomic E-state index is -0.277. The van der Waals surface area contributed by atoms with Crippen LogP contribution in [0.5, 0.6) is 0 Å². The van der Waals surface area contributed by atoms with E-state index in [1.165, 1.54) is 11.8 Å². The number of pyridine rings is 1. The first-order valence-corrected chi connectivity index (χ1v) is 7.08. The summed E-state index contributed by atoms with van der Waals surface area (Å²) in [5.74, 6) is -0.277. The van der Waals surface area contributed by atoms with Crippen molar-refractivity contribution in [2.45, 2.75) is 25.8 Å². The van der Waals surface area contributed by atoms with Gasteiger partial charge in [0.2, 0.25) is 0 Å². The molecule has 18 heavy (non-hydrogen) atoms. The molecule has 0 radical (unpaired) electrons. The van der Waals surface area contributed by atoms with Gasteiger partial charge in [-0.1, -0.05) is 6.92 Å². The van der Waals surface area contributed by atoms with Crippen molar-refractivity contribution >= 4 is 11.3 Å². The molecular weight excluding hydrogens is 247 g/mol.